The summed E-state index contributed by atoms with van der Waals surface area (Å²) in [6.45, 7) is 11.1. The van der Waals surface area contributed by atoms with Crippen LogP contribution in [0.25, 0.3) is 0 Å². The molecule has 27 heavy (non-hydrogen) atoms. The number of carbonyl (C=O) groups is 3. The van der Waals surface area contributed by atoms with Crippen LogP contribution in [0, 0.1) is 17.3 Å². The second kappa shape index (κ2) is 8.07. The molecule has 5 nitrogen and oxygen atoms in total. The van der Waals surface area contributed by atoms with Gasteiger partial charge in [-0.05, 0) is 37.2 Å². The van der Waals surface area contributed by atoms with Crippen molar-refractivity contribution in [2.75, 3.05) is 7.11 Å². The van der Waals surface area contributed by atoms with Crippen molar-refractivity contribution >= 4 is 17.7 Å². The molecule has 0 amide bonds. The molecular weight excluding hydrogens is 344 g/mol. The second-order valence-corrected chi connectivity index (χ2v) is 7.75. The average molecular weight is 372 g/mol. The lowest BCUT2D eigenvalue weighted by Gasteiger charge is -2.13. The van der Waals surface area contributed by atoms with Crippen LogP contribution in [0.15, 0.2) is 47.6 Å². The number of allylic oxidation sites excluding steroid dienone is 5. The second-order valence-electron chi connectivity index (χ2n) is 7.75. The van der Waals surface area contributed by atoms with Gasteiger partial charge in [0.2, 0.25) is 0 Å². The number of rotatable bonds is 7. The van der Waals surface area contributed by atoms with Gasteiger partial charge in [-0.25, -0.2) is 4.79 Å². The molecule has 3 atom stereocenters. The number of Topliss-reactive ketones (excluding diaryl/α,β-unsaturated/α-hetero) is 1. The molecule has 0 bridgehead atoms. The van der Waals surface area contributed by atoms with Crippen molar-refractivity contribution < 1.29 is 23.9 Å². The molecular formula is C22H28O5. The molecule has 1 fully saturated rings. The fourth-order valence-corrected chi connectivity index (χ4v) is 3.70. The Morgan fingerprint density at radius 2 is 2.00 bits per heavy atom. The van der Waals surface area contributed by atoms with E-state index in [1.807, 2.05) is 26.8 Å². The molecule has 1 saturated carbocycles. The van der Waals surface area contributed by atoms with Crippen LogP contribution in [-0.2, 0) is 23.9 Å². The smallest absolute Gasteiger partial charge is 0.333 e. The third-order valence-corrected chi connectivity index (χ3v) is 5.62. The summed E-state index contributed by atoms with van der Waals surface area (Å²) in [5.74, 6) is -1.11. The molecule has 146 valence electrons. The average Bonchev–Trinajstić information content (AvgIpc) is 3.05. The Hall–Kier alpha value is -2.43. The highest BCUT2D eigenvalue weighted by atomic mass is 16.5. The van der Waals surface area contributed by atoms with Gasteiger partial charge in [-0.1, -0.05) is 44.7 Å². The van der Waals surface area contributed by atoms with Crippen LogP contribution >= 0.6 is 0 Å². The van der Waals surface area contributed by atoms with Crippen LogP contribution in [0.5, 0.6) is 0 Å². The Balaban J connectivity index is 2.07. The molecule has 2 rings (SSSR count). The molecule has 0 aromatic heterocycles. The van der Waals surface area contributed by atoms with Crippen LogP contribution < -0.4 is 0 Å². The van der Waals surface area contributed by atoms with Crippen LogP contribution in [0.1, 0.15) is 40.5 Å². The molecule has 0 unspecified atom stereocenters. The number of hydrogen-bond donors (Lipinski definition) is 0. The Morgan fingerprint density at radius 3 is 2.59 bits per heavy atom. The third kappa shape index (κ3) is 4.29. The minimum atomic E-state index is -0.500. The molecule has 0 saturated heterocycles. The molecule has 0 aliphatic heterocycles. The lowest BCUT2D eigenvalue weighted by molar-refractivity contribution is -0.150. The van der Waals surface area contributed by atoms with E-state index in [0.717, 1.165) is 5.57 Å². The monoisotopic (exact) mass is 372 g/mol. The molecule has 2 aliphatic carbocycles. The minimum absolute atomic E-state index is 0.0204. The standard InChI is InChI=1S/C22H28O5/c1-7-8-9-10-15-14(3)18(12-17(15)23)27-21(25)19-16(22(19,4)5)11-13(2)20(24)26-6/h7-9,11,16,18-19H,1,10,12H2,2-6H3/b9-8+,13-11+/t16-,18-,19-/m0/s1. The fraction of sp³-hybridized carbons (Fsp3) is 0.500. The van der Waals surface area contributed by atoms with E-state index in [1.165, 1.54) is 7.11 Å². The van der Waals surface area contributed by atoms with Crippen molar-refractivity contribution in [2.45, 2.75) is 46.6 Å². The number of ether oxygens (including phenoxy) is 2. The minimum Gasteiger partial charge on any atom is -0.466 e. The van der Waals surface area contributed by atoms with Crippen molar-refractivity contribution in [1.29, 1.82) is 0 Å². The van der Waals surface area contributed by atoms with Crippen LogP contribution in [0.3, 0.4) is 0 Å². The number of ketones is 1. The highest BCUT2D eigenvalue weighted by molar-refractivity contribution is 6.00. The number of methoxy groups -OCH3 is 1. The van der Waals surface area contributed by atoms with E-state index < -0.39 is 12.1 Å². The Bertz CT molecular complexity index is 751. The first-order valence-electron chi connectivity index (χ1n) is 9.12. The van der Waals surface area contributed by atoms with Gasteiger partial charge in [0.15, 0.2) is 5.78 Å². The van der Waals surface area contributed by atoms with Crippen molar-refractivity contribution in [3.63, 3.8) is 0 Å². The van der Waals surface area contributed by atoms with E-state index in [4.69, 9.17) is 9.47 Å². The van der Waals surface area contributed by atoms with Crippen molar-refractivity contribution in [2.24, 2.45) is 17.3 Å². The summed E-state index contributed by atoms with van der Waals surface area (Å²) in [7, 11) is 1.33. The van der Waals surface area contributed by atoms with E-state index >= 15 is 0 Å². The quantitative estimate of drug-likeness (QED) is 0.387. The topological polar surface area (TPSA) is 69.7 Å². The highest BCUT2D eigenvalue weighted by Crippen LogP contribution is 2.60. The molecule has 0 aromatic rings. The van der Waals surface area contributed by atoms with Crippen molar-refractivity contribution in [3.05, 3.63) is 47.6 Å². The first kappa shape index (κ1) is 20.9. The zero-order valence-electron chi connectivity index (χ0n) is 16.7. The molecule has 2 aliphatic rings. The van der Waals surface area contributed by atoms with Gasteiger partial charge in [0.1, 0.15) is 6.10 Å². The maximum absolute atomic E-state index is 12.7. The Kier molecular flexibility index (Phi) is 6.24. The predicted molar refractivity (Wildman–Crippen MR) is 103 cm³/mol. The van der Waals surface area contributed by atoms with Crippen LogP contribution in [0.4, 0.5) is 0 Å². The summed E-state index contributed by atoms with van der Waals surface area (Å²) in [5, 5.41) is 0. The molecule has 0 heterocycles. The van der Waals surface area contributed by atoms with E-state index in [-0.39, 0.29) is 35.4 Å². The summed E-state index contributed by atoms with van der Waals surface area (Å²) < 4.78 is 10.4. The summed E-state index contributed by atoms with van der Waals surface area (Å²) in [4.78, 5) is 36.5. The van der Waals surface area contributed by atoms with E-state index in [2.05, 4.69) is 6.58 Å². The van der Waals surface area contributed by atoms with Gasteiger partial charge in [-0.3, -0.25) is 9.59 Å². The molecule has 0 radical (unpaired) electrons. The van der Waals surface area contributed by atoms with Gasteiger partial charge in [0.25, 0.3) is 0 Å². The third-order valence-electron chi connectivity index (χ3n) is 5.62. The van der Waals surface area contributed by atoms with E-state index in [0.29, 0.717) is 17.6 Å². The molecule has 0 spiro atoms. The maximum atomic E-state index is 12.7. The van der Waals surface area contributed by atoms with E-state index in [9.17, 15) is 14.4 Å². The molecule has 5 heteroatoms. The lowest BCUT2D eigenvalue weighted by Crippen LogP contribution is -2.20. The Labute approximate surface area is 160 Å². The molecule has 0 aromatic carbocycles. The summed E-state index contributed by atoms with van der Waals surface area (Å²) in [6, 6.07) is 0. The van der Waals surface area contributed by atoms with Gasteiger partial charge in [0, 0.05) is 11.1 Å². The van der Waals surface area contributed by atoms with Crippen LogP contribution in [-0.4, -0.2) is 30.9 Å². The maximum Gasteiger partial charge on any atom is 0.333 e. The van der Waals surface area contributed by atoms with E-state index in [1.54, 1.807) is 25.2 Å². The van der Waals surface area contributed by atoms with Gasteiger partial charge in [0.05, 0.1) is 19.4 Å². The first-order chi connectivity index (χ1) is 12.6. The predicted octanol–water partition coefficient (Wildman–Crippen LogP) is 3.71. The number of carbonyl (C=O) groups excluding carboxylic acids is 3. The fourth-order valence-electron chi connectivity index (χ4n) is 3.70. The summed E-state index contributed by atoms with van der Waals surface area (Å²) >= 11 is 0. The van der Waals surface area contributed by atoms with Gasteiger partial charge >= 0.3 is 11.9 Å². The first-order valence-corrected chi connectivity index (χ1v) is 9.12. The number of hydrogen-bond acceptors (Lipinski definition) is 5. The lowest BCUT2D eigenvalue weighted by atomic mass is 10.1. The zero-order chi connectivity index (χ0) is 20.4. The Morgan fingerprint density at radius 1 is 1.33 bits per heavy atom. The normalized spacial score (nSPS) is 27.1. The summed E-state index contributed by atoms with van der Waals surface area (Å²) in [6.07, 6.45) is 7.32. The number of esters is 2. The van der Waals surface area contributed by atoms with Gasteiger partial charge in [-0.2, -0.15) is 0 Å². The SMILES string of the molecule is C=C/C=C/CC1=C(C)[C@@H](OC(=O)[C@@H]2[C@H](/C=C(\C)C(=O)OC)C2(C)C)CC1=O. The van der Waals surface area contributed by atoms with Crippen LogP contribution in [0.2, 0.25) is 0 Å². The molecule has 0 N–H and O–H groups in total. The largest absolute Gasteiger partial charge is 0.466 e. The van der Waals surface area contributed by atoms with Crippen molar-refractivity contribution in [1.82, 2.24) is 0 Å². The van der Waals surface area contributed by atoms with Crippen molar-refractivity contribution in [3.8, 4) is 0 Å². The van der Waals surface area contributed by atoms with Gasteiger partial charge < -0.3 is 9.47 Å². The zero-order valence-corrected chi connectivity index (χ0v) is 16.7. The highest BCUT2D eigenvalue weighted by Gasteiger charge is 2.62. The summed E-state index contributed by atoms with van der Waals surface area (Å²) in [5.41, 5.74) is 1.72. The van der Waals surface area contributed by atoms with Gasteiger partial charge in [-0.15, -0.1) is 0 Å².